The van der Waals surface area contributed by atoms with Crippen molar-refractivity contribution in [2.45, 2.75) is 4.90 Å². The lowest BCUT2D eigenvalue weighted by atomic mass is 10.4. The molecule has 1 aromatic carbocycles. The summed E-state index contributed by atoms with van der Waals surface area (Å²) < 4.78 is 26.3. The third-order valence-corrected chi connectivity index (χ3v) is 5.16. The maximum absolute atomic E-state index is 12.8. The Morgan fingerprint density at radius 1 is 1.09 bits per heavy atom. The lowest BCUT2D eigenvalue weighted by Gasteiger charge is -2.08. The number of aldehydes is 1. The van der Waals surface area contributed by atoms with Gasteiger partial charge >= 0.3 is 0 Å². The highest BCUT2D eigenvalue weighted by Gasteiger charge is 2.25. The standard InChI is InChI=1S/C13H7Cl2N3O3S/c14-11-10-6-8(7-19)18(12(10)17-13(15)16-11)22(20,21)9-4-2-1-3-5-9/h1-7H. The number of aromatic nitrogens is 3. The fourth-order valence-electron chi connectivity index (χ4n) is 2.05. The minimum atomic E-state index is -4.02. The Kier molecular flexibility index (Phi) is 3.64. The van der Waals surface area contributed by atoms with Crippen molar-refractivity contribution in [3.05, 3.63) is 52.5 Å². The molecule has 0 aliphatic rings. The Morgan fingerprint density at radius 3 is 2.41 bits per heavy atom. The van der Waals surface area contributed by atoms with Crippen molar-refractivity contribution in [2.75, 3.05) is 0 Å². The van der Waals surface area contributed by atoms with Crippen molar-refractivity contribution in [1.29, 1.82) is 0 Å². The van der Waals surface area contributed by atoms with Crippen molar-refractivity contribution in [1.82, 2.24) is 13.9 Å². The van der Waals surface area contributed by atoms with Gasteiger partial charge in [-0.2, -0.15) is 4.98 Å². The van der Waals surface area contributed by atoms with Crippen LogP contribution < -0.4 is 0 Å². The second-order valence-corrected chi connectivity index (χ2v) is 6.77. The van der Waals surface area contributed by atoms with Gasteiger partial charge in [0.05, 0.1) is 16.0 Å². The highest BCUT2D eigenvalue weighted by Crippen LogP contribution is 2.28. The molecule has 0 atom stereocenters. The van der Waals surface area contributed by atoms with Crippen molar-refractivity contribution in [2.24, 2.45) is 0 Å². The first kappa shape index (κ1) is 15.0. The molecule has 0 radical (unpaired) electrons. The Morgan fingerprint density at radius 2 is 1.77 bits per heavy atom. The number of carbonyl (C=O) groups is 1. The molecule has 0 saturated heterocycles. The minimum absolute atomic E-state index is 0.0152. The Balaban J connectivity index is 2.42. The summed E-state index contributed by atoms with van der Waals surface area (Å²) in [6.45, 7) is 0. The van der Waals surface area contributed by atoms with Crippen LogP contribution in [0.2, 0.25) is 10.4 Å². The molecule has 2 heterocycles. The molecule has 3 rings (SSSR count). The topological polar surface area (TPSA) is 81.9 Å². The summed E-state index contributed by atoms with van der Waals surface area (Å²) in [6.07, 6.45) is 0.409. The zero-order valence-electron chi connectivity index (χ0n) is 10.8. The molecule has 22 heavy (non-hydrogen) atoms. The van der Waals surface area contributed by atoms with E-state index in [1.807, 2.05) is 0 Å². The van der Waals surface area contributed by atoms with Crippen LogP contribution in [0.5, 0.6) is 0 Å². The fourth-order valence-corrected chi connectivity index (χ4v) is 3.93. The molecule has 112 valence electrons. The van der Waals surface area contributed by atoms with Crippen LogP contribution in [-0.2, 0) is 10.0 Å². The lowest BCUT2D eigenvalue weighted by molar-refractivity contribution is 0.111. The highest BCUT2D eigenvalue weighted by atomic mass is 35.5. The van der Waals surface area contributed by atoms with Gasteiger partial charge in [0.1, 0.15) is 5.15 Å². The van der Waals surface area contributed by atoms with Gasteiger partial charge < -0.3 is 0 Å². The third-order valence-electron chi connectivity index (χ3n) is 2.97. The molecule has 3 aromatic rings. The van der Waals surface area contributed by atoms with Gasteiger partial charge in [-0.15, -0.1) is 0 Å². The van der Waals surface area contributed by atoms with Crippen molar-refractivity contribution < 1.29 is 13.2 Å². The normalized spacial score (nSPS) is 11.7. The predicted molar refractivity (Wildman–Crippen MR) is 82.0 cm³/mol. The van der Waals surface area contributed by atoms with Crippen LogP contribution in [-0.4, -0.2) is 28.6 Å². The zero-order chi connectivity index (χ0) is 15.9. The number of halogens is 2. The van der Waals surface area contributed by atoms with Gasteiger partial charge in [0.25, 0.3) is 10.0 Å². The van der Waals surface area contributed by atoms with Crippen molar-refractivity contribution in [3.63, 3.8) is 0 Å². The van der Waals surface area contributed by atoms with E-state index in [-0.39, 0.29) is 32.1 Å². The van der Waals surface area contributed by atoms with E-state index in [2.05, 4.69) is 9.97 Å². The van der Waals surface area contributed by atoms with Crippen LogP contribution in [0.3, 0.4) is 0 Å². The molecule has 2 aromatic heterocycles. The maximum Gasteiger partial charge on any atom is 0.270 e. The summed E-state index contributed by atoms with van der Waals surface area (Å²) in [6, 6.07) is 8.98. The number of rotatable bonds is 3. The molecule has 0 fully saturated rings. The first-order chi connectivity index (χ1) is 10.4. The van der Waals surface area contributed by atoms with Gasteiger partial charge in [-0.3, -0.25) is 4.79 Å². The van der Waals surface area contributed by atoms with Crippen LogP contribution in [0.1, 0.15) is 10.5 Å². The molecule has 0 spiro atoms. The van der Waals surface area contributed by atoms with Gasteiger partial charge in [-0.25, -0.2) is 17.4 Å². The molecular formula is C13H7Cl2N3O3S. The van der Waals surface area contributed by atoms with Gasteiger partial charge in [-0.1, -0.05) is 29.8 Å². The summed E-state index contributed by atoms with van der Waals surface area (Å²) in [5.74, 6) is 0. The summed E-state index contributed by atoms with van der Waals surface area (Å²) in [5, 5.41) is -0.00894. The highest BCUT2D eigenvalue weighted by molar-refractivity contribution is 7.90. The summed E-state index contributed by atoms with van der Waals surface area (Å²) in [5.41, 5.74) is -0.159. The number of hydrogen-bond acceptors (Lipinski definition) is 5. The number of nitrogens with zero attached hydrogens (tertiary/aromatic N) is 3. The SMILES string of the molecule is O=Cc1cc2c(Cl)nc(Cl)nc2n1S(=O)(=O)c1ccccc1. The molecule has 0 N–H and O–H groups in total. The smallest absolute Gasteiger partial charge is 0.270 e. The molecule has 9 heteroatoms. The van der Waals surface area contributed by atoms with Gasteiger partial charge in [0.2, 0.25) is 5.28 Å². The minimum Gasteiger partial charge on any atom is -0.296 e. The molecule has 0 bridgehead atoms. The van der Waals surface area contributed by atoms with Gasteiger partial charge in [-0.05, 0) is 29.8 Å². The largest absolute Gasteiger partial charge is 0.296 e. The van der Waals surface area contributed by atoms with Crippen LogP contribution in [0, 0.1) is 0 Å². The molecule has 0 aliphatic carbocycles. The first-order valence-electron chi connectivity index (χ1n) is 5.95. The van der Waals surface area contributed by atoms with E-state index < -0.39 is 10.0 Å². The monoisotopic (exact) mass is 355 g/mol. The number of fused-ring (bicyclic) bond motifs is 1. The Hall–Kier alpha value is -1.96. The van der Waals surface area contributed by atoms with Crippen LogP contribution in [0.4, 0.5) is 0 Å². The average Bonchev–Trinajstić information content (AvgIpc) is 2.87. The quantitative estimate of drug-likeness (QED) is 0.409. The summed E-state index contributed by atoms with van der Waals surface area (Å²) in [7, 11) is -4.02. The van der Waals surface area contributed by atoms with E-state index >= 15 is 0 Å². The van der Waals surface area contributed by atoms with Crippen LogP contribution in [0.15, 0.2) is 41.3 Å². The van der Waals surface area contributed by atoms with Gasteiger partial charge in [0.15, 0.2) is 11.9 Å². The number of hydrogen-bond donors (Lipinski definition) is 0. The van der Waals surface area contributed by atoms with Crippen molar-refractivity contribution >= 4 is 50.5 Å². The average molecular weight is 356 g/mol. The van der Waals surface area contributed by atoms with E-state index in [1.165, 1.54) is 18.2 Å². The van der Waals surface area contributed by atoms with Crippen molar-refractivity contribution in [3.8, 4) is 0 Å². The second-order valence-electron chi connectivity index (χ2n) is 4.29. The molecule has 0 saturated carbocycles. The van der Waals surface area contributed by atoms with E-state index in [1.54, 1.807) is 18.2 Å². The molecule has 0 aliphatic heterocycles. The predicted octanol–water partition coefficient (Wildman–Crippen LogP) is 2.79. The molecule has 0 amide bonds. The number of benzene rings is 1. The summed E-state index contributed by atoms with van der Waals surface area (Å²) in [4.78, 5) is 18.9. The number of carbonyl (C=O) groups excluding carboxylic acids is 1. The van der Waals surface area contributed by atoms with E-state index in [9.17, 15) is 13.2 Å². The van der Waals surface area contributed by atoms with Crippen LogP contribution >= 0.6 is 23.2 Å². The first-order valence-corrected chi connectivity index (χ1v) is 8.15. The van der Waals surface area contributed by atoms with E-state index in [0.717, 1.165) is 3.97 Å². The van der Waals surface area contributed by atoms with Gasteiger partial charge in [0, 0.05) is 0 Å². The molecule has 0 unspecified atom stereocenters. The Bertz CT molecular complexity index is 985. The fraction of sp³-hybridized carbons (Fsp3) is 0. The Labute approximate surface area is 135 Å². The van der Waals surface area contributed by atoms with Crippen LogP contribution in [0.25, 0.3) is 11.0 Å². The summed E-state index contributed by atoms with van der Waals surface area (Å²) >= 11 is 11.7. The zero-order valence-corrected chi connectivity index (χ0v) is 13.1. The molecular weight excluding hydrogens is 349 g/mol. The van der Waals surface area contributed by atoms with E-state index in [0.29, 0.717) is 6.29 Å². The molecule has 6 nitrogen and oxygen atoms in total. The maximum atomic E-state index is 12.8. The van der Waals surface area contributed by atoms with E-state index in [4.69, 9.17) is 23.2 Å². The second kappa shape index (κ2) is 5.35. The lowest BCUT2D eigenvalue weighted by Crippen LogP contribution is -2.16. The third kappa shape index (κ3) is 2.27.